The second-order valence-corrected chi connectivity index (χ2v) is 5.87. The highest BCUT2D eigenvalue weighted by Gasteiger charge is 2.38. The number of hydrogen-bond acceptors (Lipinski definition) is 1. The quantitative estimate of drug-likeness (QED) is 0.656. The van der Waals surface area contributed by atoms with Gasteiger partial charge in [-0.15, -0.1) is 0 Å². The third kappa shape index (κ3) is 3.30. The lowest BCUT2D eigenvalue weighted by Gasteiger charge is -2.43. The molecule has 1 aliphatic carbocycles. The van der Waals surface area contributed by atoms with Crippen molar-refractivity contribution in [3.63, 3.8) is 0 Å². The Morgan fingerprint density at radius 3 is 2.40 bits per heavy atom. The predicted molar refractivity (Wildman–Crippen MR) is 81.6 cm³/mol. The van der Waals surface area contributed by atoms with Gasteiger partial charge in [0.05, 0.1) is 0 Å². The van der Waals surface area contributed by atoms with E-state index in [0.29, 0.717) is 6.04 Å². The van der Waals surface area contributed by atoms with Gasteiger partial charge in [0.1, 0.15) is 5.82 Å². The average Bonchev–Trinajstić information content (AvgIpc) is 2.37. The van der Waals surface area contributed by atoms with E-state index in [1.165, 1.54) is 12.0 Å². The molecule has 0 atom stereocenters. The van der Waals surface area contributed by atoms with Crippen molar-refractivity contribution in [2.24, 2.45) is 4.99 Å². The van der Waals surface area contributed by atoms with E-state index < -0.39 is 0 Å². The maximum Gasteiger partial charge on any atom is 0.191 e. The van der Waals surface area contributed by atoms with Crippen LogP contribution in [-0.4, -0.2) is 25.6 Å². The fraction of sp³-hybridized carbons (Fsp3) is 0.562. The van der Waals surface area contributed by atoms with Crippen molar-refractivity contribution in [1.82, 2.24) is 10.6 Å². The Balaban J connectivity index is 2.03. The standard InChI is InChI=1S/C16H24FN3/c1-12(2)20-15(18-3)19-11-16(9-4-10-16)13-5-7-14(17)8-6-13/h5-8,12H,4,9-11H2,1-3H3,(H2,18,19,20). The lowest BCUT2D eigenvalue weighted by Crippen LogP contribution is -2.50. The number of halogens is 1. The molecule has 4 heteroatoms. The van der Waals surface area contributed by atoms with Crippen LogP contribution in [0.2, 0.25) is 0 Å². The number of hydrogen-bond donors (Lipinski definition) is 2. The van der Waals surface area contributed by atoms with Gasteiger partial charge in [0.25, 0.3) is 0 Å². The minimum absolute atomic E-state index is 0.127. The fourth-order valence-electron chi connectivity index (χ4n) is 2.70. The van der Waals surface area contributed by atoms with E-state index in [0.717, 1.165) is 25.3 Å². The number of benzene rings is 1. The molecule has 0 saturated heterocycles. The summed E-state index contributed by atoms with van der Waals surface area (Å²) in [6.45, 7) is 5.02. The predicted octanol–water partition coefficient (Wildman–Crippen LogP) is 2.82. The normalized spacial score (nSPS) is 17.8. The zero-order valence-corrected chi connectivity index (χ0v) is 12.5. The Morgan fingerprint density at radius 2 is 1.95 bits per heavy atom. The van der Waals surface area contributed by atoms with Crippen molar-refractivity contribution in [1.29, 1.82) is 0 Å². The SMILES string of the molecule is CN=C(NCC1(c2ccc(F)cc2)CCC1)NC(C)C. The molecule has 0 aromatic heterocycles. The summed E-state index contributed by atoms with van der Waals surface area (Å²) in [7, 11) is 1.78. The Labute approximate surface area is 120 Å². The molecule has 0 radical (unpaired) electrons. The van der Waals surface area contributed by atoms with E-state index in [1.54, 1.807) is 19.2 Å². The first-order valence-electron chi connectivity index (χ1n) is 7.29. The van der Waals surface area contributed by atoms with Crippen LogP contribution >= 0.6 is 0 Å². The highest BCUT2D eigenvalue weighted by atomic mass is 19.1. The molecule has 1 saturated carbocycles. The second kappa shape index (κ2) is 6.25. The molecule has 0 heterocycles. The molecule has 0 aliphatic heterocycles. The molecule has 0 bridgehead atoms. The van der Waals surface area contributed by atoms with Crippen LogP contribution in [0.3, 0.4) is 0 Å². The average molecular weight is 277 g/mol. The highest BCUT2D eigenvalue weighted by Crippen LogP contribution is 2.43. The number of guanidine groups is 1. The van der Waals surface area contributed by atoms with Crippen LogP contribution in [0.4, 0.5) is 4.39 Å². The van der Waals surface area contributed by atoms with Crippen molar-refractivity contribution in [2.75, 3.05) is 13.6 Å². The molecule has 3 nitrogen and oxygen atoms in total. The number of nitrogens with zero attached hydrogens (tertiary/aromatic N) is 1. The van der Waals surface area contributed by atoms with Crippen molar-refractivity contribution < 1.29 is 4.39 Å². The maximum atomic E-state index is 13.1. The van der Waals surface area contributed by atoms with Gasteiger partial charge in [0, 0.05) is 25.0 Å². The Kier molecular flexibility index (Phi) is 4.63. The minimum Gasteiger partial charge on any atom is -0.356 e. The largest absolute Gasteiger partial charge is 0.356 e. The van der Waals surface area contributed by atoms with Crippen molar-refractivity contribution in [3.05, 3.63) is 35.6 Å². The summed E-state index contributed by atoms with van der Waals surface area (Å²) in [6.07, 6.45) is 3.52. The van der Waals surface area contributed by atoms with Gasteiger partial charge < -0.3 is 10.6 Å². The molecule has 0 spiro atoms. The molecule has 1 aromatic rings. The van der Waals surface area contributed by atoms with E-state index >= 15 is 0 Å². The van der Waals surface area contributed by atoms with Crippen molar-refractivity contribution in [3.8, 4) is 0 Å². The molecule has 0 unspecified atom stereocenters. The lowest BCUT2D eigenvalue weighted by atomic mass is 9.64. The van der Waals surface area contributed by atoms with E-state index in [2.05, 4.69) is 29.5 Å². The van der Waals surface area contributed by atoms with Gasteiger partial charge in [-0.2, -0.15) is 0 Å². The van der Waals surface area contributed by atoms with Crippen LogP contribution in [0, 0.1) is 5.82 Å². The Bertz CT molecular complexity index is 461. The van der Waals surface area contributed by atoms with Gasteiger partial charge >= 0.3 is 0 Å². The molecule has 1 fully saturated rings. The van der Waals surface area contributed by atoms with Crippen LogP contribution in [0.1, 0.15) is 38.7 Å². The van der Waals surface area contributed by atoms with Gasteiger partial charge in [-0.1, -0.05) is 18.6 Å². The Morgan fingerprint density at radius 1 is 1.30 bits per heavy atom. The van der Waals surface area contributed by atoms with E-state index in [4.69, 9.17) is 0 Å². The summed E-state index contributed by atoms with van der Waals surface area (Å²) in [6, 6.07) is 7.28. The topological polar surface area (TPSA) is 36.4 Å². The van der Waals surface area contributed by atoms with Gasteiger partial charge in [-0.05, 0) is 44.4 Å². The first-order chi connectivity index (χ1) is 9.55. The highest BCUT2D eigenvalue weighted by molar-refractivity contribution is 5.80. The fourth-order valence-corrected chi connectivity index (χ4v) is 2.70. The summed E-state index contributed by atoms with van der Waals surface area (Å²) in [5, 5.41) is 6.69. The molecule has 2 N–H and O–H groups in total. The molecule has 2 rings (SSSR count). The molecule has 110 valence electrons. The monoisotopic (exact) mass is 277 g/mol. The van der Waals surface area contributed by atoms with Crippen LogP contribution in [0.25, 0.3) is 0 Å². The summed E-state index contributed by atoms with van der Waals surface area (Å²) >= 11 is 0. The lowest BCUT2D eigenvalue weighted by molar-refractivity contribution is 0.243. The molecular formula is C16H24FN3. The van der Waals surface area contributed by atoms with Gasteiger partial charge in [-0.25, -0.2) is 4.39 Å². The van der Waals surface area contributed by atoms with Gasteiger partial charge in [0.2, 0.25) is 0 Å². The van der Waals surface area contributed by atoms with E-state index in [9.17, 15) is 4.39 Å². The van der Waals surface area contributed by atoms with Crippen LogP contribution < -0.4 is 10.6 Å². The van der Waals surface area contributed by atoms with Crippen LogP contribution in [-0.2, 0) is 5.41 Å². The van der Waals surface area contributed by atoms with E-state index in [-0.39, 0.29) is 11.2 Å². The van der Waals surface area contributed by atoms with Crippen molar-refractivity contribution in [2.45, 2.75) is 44.6 Å². The Hall–Kier alpha value is -1.58. The summed E-state index contributed by atoms with van der Waals surface area (Å²) in [5.74, 6) is 0.654. The van der Waals surface area contributed by atoms with E-state index in [1.807, 2.05) is 12.1 Å². The summed E-state index contributed by atoms with van der Waals surface area (Å²) in [4.78, 5) is 4.23. The summed E-state index contributed by atoms with van der Waals surface area (Å²) in [5.41, 5.74) is 1.35. The van der Waals surface area contributed by atoms with Crippen LogP contribution in [0.15, 0.2) is 29.3 Å². The first-order valence-corrected chi connectivity index (χ1v) is 7.29. The zero-order valence-electron chi connectivity index (χ0n) is 12.5. The minimum atomic E-state index is -0.173. The van der Waals surface area contributed by atoms with Crippen molar-refractivity contribution >= 4 is 5.96 Å². The molecule has 1 aromatic carbocycles. The third-order valence-corrected chi connectivity index (χ3v) is 4.01. The number of rotatable bonds is 4. The molecule has 1 aliphatic rings. The second-order valence-electron chi connectivity index (χ2n) is 5.87. The van der Waals surface area contributed by atoms with Gasteiger partial charge in [0.15, 0.2) is 5.96 Å². The molecular weight excluding hydrogens is 253 g/mol. The zero-order chi connectivity index (χ0) is 14.6. The maximum absolute atomic E-state index is 13.1. The number of nitrogens with one attached hydrogen (secondary N) is 2. The molecule has 20 heavy (non-hydrogen) atoms. The van der Waals surface area contributed by atoms with Crippen LogP contribution in [0.5, 0.6) is 0 Å². The summed E-state index contributed by atoms with van der Waals surface area (Å²) < 4.78 is 13.1. The smallest absolute Gasteiger partial charge is 0.191 e. The third-order valence-electron chi connectivity index (χ3n) is 4.01. The first kappa shape index (κ1) is 14.8. The van der Waals surface area contributed by atoms with Gasteiger partial charge in [-0.3, -0.25) is 4.99 Å². The molecule has 0 amide bonds. The number of aliphatic imine (C=N–C) groups is 1.